The Bertz CT molecular complexity index is 1240. The third-order valence-electron chi connectivity index (χ3n) is 7.84. The number of aromatic nitrogens is 2. The number of hydrogen-bond donors (Lipinski definition) is 1. The molecule has 9 heteroatoms. The molecule has 6 rings (SSSR count). The van der Waals surface area contributed by atoms with Gasteiger partial charge in [-0.3, -0.25) is 4.31 Å². The Morgan fingerprint density at radius 2 is 1.84 bits per heavy atom. The molecule has 37 heavy (non-hydrogen) atoms. The number of methoxy groups -OCH3 is 2. The summed E-state index contributed by atoms with van der Waals surface area (Å²) < 4.78 is 15.6. The van der Waals surface area contributed by atoms with Gasteiger partial charge in [0.25, 0.3) is 0 Å². The van der Waals surface area contributed by atoms with E-state index in [4.69, 9.17) is 26.1 Å². The minimum Gasteiger partial charge on any atom is -0.496 e. The Morgan fingerprint density at radius 1 is 1.03 bits per heavy atom. The molecule has 2 aromatic heterocycles. The number of halogens is 1. The number of rotatable bonds is 9. The first kappa shape index (κ1) is 25.2. The van der Waals surface area contributed by atoms with E-state index in [1.54, 1.807) is 20.3 Å². The van der Waals surface area contributed by atoms with Crippen molar-refractivity contribution in [1.29, 1.82) is 0 Å². The Labute approximate surface area is 228 Å². The van der Waals surface area contributed by atoms with Crippen molar-refractivity contribution in [2.75, 3.05) is 51.8 Å². The number of piperidine rings is 1. The van der Waals surface area contributed by atoms with Crippen LogP contribution in [-0.4, -0.2) is 71.9 Å². The summed E-state index contributed by atoms with van der Waals surface area (Å²) in [4.78, 5) is 7.38. The molecule has 2 aliphatic heterocycles. The molecule has 1 aliphatic carbocycles. The summed E-state index contributed by atoms with van der Waals surface area (Å²) in [6.45, 7) is 5.77. The normalized spacial score (nSPS) is 21.2. The van der Waals surface area contributed by atoms with Crippen LogP contribution in [0.1, 0.15) is 32.1 Å². The van der Waals surface area contributed by atoms with Crippen LogP contribution in [0.5, 0.6) is 11.5 Å². The van der Waals surface area contributed by atoms with E-state index in [9.17, 15) is 0 Å². The number of nitrogens with zero attached hydrogens (tertiary/aromatic N) is 4. The lowest BCUT2D eigenvalue weighted by Gasteiger charge is -2.31. The molecular formula is C28H36ClN5O2S. The second-order valence-electron chi connectivity index (χ2n) is 10.5. The van der Waals surface area contributed by atoms with Crippen LogP contribution in [0.2, 0.25) is 5.02 Å². The SMILES string of the molecule is COc1cc(OC)c(-c2cn3ccc(N4CCC(NCC5CCN(SC6CC6)CC5)C4)cc3n2)cc1Cl. The van der Waals surface area contributed by atoms with E-state index in [0.29, 0.717) is 22.6 Å². The van der Waals surface area contributed by atoms with E-state index in [2.05, 4.69) is 49.2 Å². The van der Waals surface area contributed by atoms with Gasteiger partial charge >= 0.3 is 0 Å². The quantitative estimate of drug-likeness (QED) is 0.366. The molecule has 0 amide bonds. The smallest absolute Gasteiger partial charge is 0.141 e. The van der Waals surface area contributed by atoms with Crippen molar-refractivity contribution in [3.63, 3.8) is 0 Å². The standard InChI is InChI=1S/C28H36ClN5O2S/c1-35-26-15-27(36-2)24(29)14-23(26)25-18-33-10-8-21(13-28(33)31-25)32-9-7-20(17-32)30-16-19-5-11-34(12-6-19)37-22-3-4-22/h8,10,13-15,18-20,22,30H,3-7,9,11-12,16-17H2,1-2H3. The molecule has 198 valence electrons. The van der Waals surface area contributed by atoms with Gasteiger partial charge in [-0.15, -0.1) is 0 Å². The highest BCUT2D eigenvalue weighted by atomic mass is 35.5. The van der Waals surface area contributed by atoms with Gasteiger partial charge < -0.3 is 24.1 Å². The number of pyridine rings is 1. The van der Waals surface area contributed by atoms with Gasteiger partial charge in [0.15, 0.2) is 0 Å². The average Bonchev–Trinajstić information content (AvgIpc) is 3.43. The van der Waals surface area contributed by atoms with E-state index in [0.717, 1.165) is 47.7 Å². The molecule has 1 aromatic carbocycles. The Morgan fingerprint density at radius 3 is 2.59 bits per heavy atom. The minimum atomic E-state index is 0.536. The lowest BCUT2D eigenvalue weighted by atomic mass is 9.98. The molecule has 2 saturated heterocycles. The Hall–Kier alpha value is -2.13. The third-order valence-corrected chi connectivity index (χ3v) is 9.57. The van der Waals surface area contributed by atoms with Crippen molar-refractivity contribution in [3.05, 3.63) is 41.7 Å². The molecule has 1 atom stereocenters. The van der Waals surface area contributed by atoms with Crippen molar-refractivity contribution in [2.45, 2.75) is 43.4 Å². The second kappa shape index (κ2) is 10.9. The molecule has 0 spiro atoms. The summed E-state index contributed by atoms with van der Waals surface area (Å²) in [7, 11) is 3.25. The molecule has 4 heterocycles. The molecular weight excluding hydrogens is 506 g/mol. The van der Waals surface area contributed by atoms with Gasteiger partial charge in [-0.25, -0.2) is 4.98 Å². The van der Waals surface area contributed by atoms with Gasteiger partial charge in [-0.05, 0) is 56.7 Å². The van der Waals surface area contributed by atoms with Gasteiger partial charge in [0.2, 0.25) is 0 Å². The van der Waals surface area contributed by atoms with E-state index < -0.39 is 0 Å². The van der Waals surface area contributed by atoms with Crippen molar-refractivity contribution in [2.24, 2.45) is 5.92 Å². The van der Waals surface area contributed by atoms with Crippen molar-refractivity contribution in [1.82, 2.24) is 19.0 Å². The van der Waals surface area contributed by atoms with Crippen LogP contribution in [-0.2, 0) is 0 Å². The minimum absolute atomic E-state index is 0.536. The molecule has 3 aliphatic rings. The number of imidazole rings is 1. The molecule has 1 saturated carbocycles. The second-order valence-corrected chi connectivity index (χ2v) is 12.3. The molecule has 3 fully saturated rings. The largest absolute Gasteiger partial charge is 0.496 e. The maximum atomic E-state index is 6.40. The summed E-state index contributed by atoms with van der Waals surface area (Å²) >= 11 is 8.52. The first-order chi connectivity index (χ1) is 18.1. The van der Waals surface area contributed by atoms with Gasteiger partial charge in [-0.2, -0.15) is 0 Å². The van der Waals surface area contributed by atoms with Crippen LogP contribution in [0.3, 0.4) is 0 Å². The van der Waals surface area contributed by atoms with Gasteiger partial charge in [0, 0.05) is 73.2 Å². The highest BCUT2D eigenvalue weighted by molar-refractivity contribution is 7.97. The zero-order valence-corrected chi connectivity index (χ0v) is 23.2. The number of benzene rings is 1. The van der Waals surface area contributed by atoms with Crippen LogP contribution < -0.4 is 19.7 Å². The summed E-state index contributed by atoms with van der Waals surface area (Å²) in [5.41, 5.74) is 3.80. The van der Waals surface area contributed by atoms with Crippen LogP contribution in [0, 0.1) is 5.92 Å². The number of hydrogen-bond acceptors (Lipinski definition) is 7. The van der Waals surface area contributed by atoms with E-state index in [1.807, 2.05) is 12.3 Å². The van der Waals surface area contributed by atoms with Crippen LogP contribution in [0.4, 0.5) is 5.69 Å². The maximum Gasteiger partial charge on any atom is 0.141 e. The van der Waals surface area contributed by atoms with Gasteiger partial charge in [0.05, 0.1) is 24.9 Å². The first-order valence-corrected chi connectivity index (χ1v) is 14.6. The highest BCUT2D eigenvalue weighted by Crippen LogP contribution is 2.39. The molecule has 0 radical (unpaired) electrons. The van der Waals surface area contributed by atoms with E-state index in [1.165, 1.54) is 50.9 Å². The topological polar surface area (TPSA) is 54.3 Å². The fourth-order valence-corrected chi connectivity index (χ4v) is 6.89. The molecule has 7 nitrogen and oxygen atoms in total. The van der Waals surface area contributed by atoms with Crippen LogP contribution in [0.15, 0.2) is 36.7 Å². The van der Waals surface area contributed by atoms with Gasteiger partial charge in [0.1, 0.15) is 17.1 Å². The molecule has 0 bridgehead atoms. The number of ether oxygens (including phenoxy) is 2. The fourth-order valence-electron chi connectivity index (χ4n) is 5.46. The highest BCUT2D eigenvalue weighted by Gasteiger charge is 2.29. The Balaban J connectivity index is 1.07. The fraction of sp³-hybridized carbons (Fsp3) is 0.536. The number of fused-ring (bicyclic) bond motifs is 1. The van der Waals surface area contributed by atoms with Crippen molar-refractivity contribution < 1.29 is 9.47 Å². The van der Waals surface area contributed by atoms with Crippen LogP contribution in [0.25, 0.3) is 16.9 Å². The summed E-state index contributed by atoms with van der Waals surface area (Å²) in [5, 5.41) is 5.35. The predicted molar refractivity (Wildman–Crippen MR) is 152 cm³/mol. The lowest BCUT2D eigenvalue weighted by Crippen LogP contribution is -2.39. The monoisotopic (exact) mass is 541 g/mol. The molecule has 1 unspecified atom stereocenters. The molecule has 1 N–H and O–H groups in total. The summed E-state index contributed by atoms with van der Waals surface area (Å²) in [5.74, 6) is 2.09. The molecule has 3 aromatic rings. The first-order valence-electron chi connectivity index (χ1n) is 13.4. The number of anilines is 1. The Kier molecular flexibility index (Phi) is 7.43. The van der Waals surface area contributed by atoms with Gasteiger partial charge in [-0.1, -0.05) is 23.5 Å². The zero-order chi connectivity index (χ0) is 25.4. The average molecular weight is 542 g/mol. The number of nitrogens with one attached hydrogen (secondary N) is 1. The zero-order valence-electron chi connectivity index (χ0n) is 21.7. The lowest BCUT2D eigenvalue weighted by molar-refractivity contribution is 0.277. The third kappa shape index (κ3) is 5.67. The summed E-state index contributed by atoms with van der Waals surface area (Å²) in [6, 6.07) is 8.58. The van der Waals surface area contributed by atoms with E-state index in [-0.39, 0.29) is 0 Å². The summed E-state index contributed by atoms with van der Waals surface area (Å²) in [6.07, 6.45) is 10.8. The maximum absolute atomic E-state index is 6.40. The van der Waals surface area contributed by atoms with Crippen molar-refractivity contribution in [3.8, 4) is 22.8 Å². The predicted octanol–water partition coefficient (Wildman–Crippen LogP) is 5.36. The van der Waals surface area contributed by atoms with E-state index >= 15 is 0 Å². The van der Waals surface area contributed by atoms with Crippen LogP contribution >= 0.6 is 23.5 Å². The van der Waals surface area contributed by atoms with Crippen molar-refractivity contribution >= 4 is 34.9 Å².